The standard InChI is InChI=1S/C17H23ClO3/c1-3-5-11-21-17-9-8-14(13-15(17)18)16(4-2)20-12-7-6-10-19/h8-9,13,19H,2-3,5-7,10-12H2,1H3. The van der Waals surface area contributed by atoms with E-state index in [-0.39, 0.29) is 6.61 Å². The van der Waals surface area contributed by atoms with Crippen LogP contribution in [0.5, 0.6) is 5.75 Å². The lowest BCUT2D eigenvalue weighted by molar-refractivity contribution is 0.235. The van der Waals surface area contributed by atoms with Crippen molar-refractivity contribution in [1.82, 2.24) is 0 Å². The Morgan fingerprint density at radius 1 is 1.29 bits per heavy atom. The highest BCUT2D eigenvalue weighted by molar-refractivity contribution is 6.32. The summed E-state index contributed by atoms with van der Waals surface area (Å²) in [6.07, 6.45) is 3.59. The maximum absolute atomic E-state index is 8.74. The Morgan fingerprint density at radius 3 is 2.71 bits per heavy atom. The largest absolute Gasteiger partial charge is 0.492 e. The molecule has 0 atom stereocenters. The van der Waals surface area contributed by atoms with Crippen molar-refractivity contribution in [3.63, 3.8) is 0 Å². The zero-order valence-corrected chi connectivity index (χ0v) is 13.3. The Balaban J connectivity index is 2.65. The summed E-state index contributed by atoms with van der Waals surface area (Å²) in [4.78, 5) is 0. The van der Waals surface area contributed by atoms with Gasteiger partial charge in [0.05, 0.1) is 18.2 Å². The van der Waals surface area contributed by atoms with E-state index in [4.69, 9.17) is 26.2 Å². The molecule has 0 aliphatic rings. The van der Waals surface area contributed by atoms with Gasteiger partial charge in [0.15, 0.2) is 5.76 Å². The fourth-order valence-corrected chi connectivity index (χ4v) is 1.95. The second kappa shape index (κ2) is 10.3. The number of benzene rings is 1. The van der Waals surface area contributed by atoms with Crippen LogP contribution < -0.4 is 4.74 Å². The molecule has 1 rings (SSSR count). The fraction of sp³-hybridized carbons (Fsp3) is 0.471. The van der Waals surface area contributed by atoms with Crippen LogP contribution in [0.3, 0.4) is 0 Å². The van der Waals surface area contributed by atoms with Crippen LogP contribution >= 0.6 is 11.6 Å². The van der Waals surface area contributed by atoms with Gasteiger partial charge in [-0.15, -0.1) is 0 Å². The Morgan fingerprint density at radius 2 is 2.10 bits per heavy atom. The minimum absolute atomic E-state index is 0.173. The molecule has 1 aromatic carbocycles. The zero-order chi connectivity index (χ0) is 15.5. The van der Waals surface area contributed by atoms with Gasteiger partial charge in [-0.3, -0.25) is 0 Å². The second-order valence-electron chi connectivity index (χ2n) is 4.63. The van der Waals surface area contributed by atoms with Gasteiger partial charge in [0, 0.05) is 12.2 Å². The first kappa shape index (κ1) is 17.6. The number of aliphatic hydroxyl groups is 1. The molecule has 3 nitrogen and oxygen atoms in total. The zero-order valence-electron chi connectivity index (χ0n) is 12.5. The summed E-state index contributed by atoms with van der Waals surface area (Å²) >= 11 is 6.22. The van der Waals surface area contributed by atoms with E-state index < -0.39 is 0 Å². The monoisotopic (exact) mass is 310 g/mol. The normalized spacial score (nSPS) is 10.0. The molecule has 0 amide bonds. The molecular weight excluding hydrogens is 288 g/mol. The van der Waals surface area contributed by atoms with Crippen LogP contribution in [0.2, 0.25) is 5.02 Å². The van der Waals surface area contributed by atoms with Crippen molar-refractivity contribution in [2.75, 3.05) is 19.8 Å². The molecule has 1 aromatic rings. The molecule has 0 aliphatic carbocycles. The number of hydrogen-bond acceptors (Lipinski definition) is 3. The molecule has 0 heterocycles. The number of rotatable bonds is 10. The van der Waals surface area contributed by atoms with Gasteiger partial charge in [0.25, 0.3) is 0 Å². The predicted octanol–water partition coefficient (Wildman–Crippen LogP) is 4.43. The van der Waals surface area contributed by atoms with Crippen molar-refractivity contribution in [1.29, 1.82) is 0 Å². The number of halogens is 1. The molecule has 0 unspecified atom stereocenters. The molecule has 21 heavy (non-hydrogen) atoms. The molecule has 0 aliphatic heterocycles. The molecule has 0 fully saturated rings. The molecule has 0 spiro atoms. The van der Waals surface area contributed by atoms with Crippen LogP contribution in [0.25, 0.3) is 5.76 Å². The highest BCUT2D eigenvalue weighted by Gasteiger charge is 2.07. The van der Waals surface area contributed by atoms with E-state index in [0.717, 1.165) is 31.2 Å². The van der Waals surface area contributed by atoms with E-state index in [1.54, 1.807) is 6.07 Å². The third-order valence-electron chi connectivity index (χ3n) is 2.91. The minimum Gasteiger partial charge on any atom is -0.492 e. The van der Waals surface area contributed by atoms with Crippen molar-refractivity contribution < 1.29 is 14.6 Å². The van der Waals surface area contributed by atoms with Gasteiger partial charge in [-0.2, -0.15) is 0 Å². The molecule has 0 radical (unpaired) electrons. The summed E-state index contributed by atoms with van der Waals surface area (Å²) in [6, 6.07) is 5.51. The quantitative estimate of drug-likeness (QED) is 0.394. The SMILES string of the molecule is C=C=C(OCCCCO)c1ccc(OCCCC)c(Cl)c1. The smallest absolute Gasteiger partial charge is 0.168 e. The topological polar surface area (TPSA) is 38.7 Å². The van der Waals surface area contributed by atoms with Crippen LogP contribution in [0.1, 0.15) is 38.2 Å². The van der Waals surface area contributed by atoms with Crippen LogP contribution in [0.15, 0.2) is 30.5 Å². The Hall–Kier alpha value is -1.41. The molecule has 0 aromatic heterocycles. The maximum Gasteiger partial charge on any atom is 0.168 e. The van der Waals surface area contributed by atoms with Gasteiger partial charge in [-0.05, 0) is 37.5 Å². The first-order chi connectivity index (χ1) is 10.2. The van der Waals surface area contributed by atoms with E-state index in [0.29, 0.717) is 29.7 Å². The molecule has 0 bridgehead atoms. The highest BCUT2D eigenvalue weighted by Crippen LogP contribution is 2.28. The molecule has 1 N–H and O–H groups in total. The first-order valence-corrected chi connectivity index (χ1v) is 7.67. The van der Waals surface area contributed by atoms with Crippen LogP contribution in [-0.4, -0.2) is 24.9 Å². The van der Waals surface area contributed by atoms with Crippen molar-refractivity contribution in [2.45, 2.75) is 32.6 Å². The van der Waals surface area contributed by atoms with Gasteiger partial charge >= 0.3 is 0 Å². The van der Waals surface area contributed by atoms with Crippen LogP contribution in [0.4, 0.5) is 0 Å². The summed E-state index contributed by atoms with van der Waals surface area (Å²) in [5.41, 5.74) is 3.60. The number of ether oxygens (including phenoxy) is 2. The van der Waals surface area contributed by atoms with Gasteiger partial charge in [-0.1, -0.05) is 37.3 Å². The number of aliphatic hydroxyl groups excluding tert-OH is 1. The minimum atomic E-state index is 0.173. The summed E-state index contributed by atoms with van der Waals surface area (Å²) in [6.45, 7) is 7.11. The lowest BCUT2D eigenvalue weighted by Gasteiger charge is -2.11. The van der Waals surface area contributed by atoms with Crippen LogP contribution in [-0.2, 0) is 4.74 Å². The number of unbranched alkanes of at least 4 members (excludes halogenated alkanes) is 2. The van der Waals surface area contributed by atoms with Gasteiger partial charge < -0.3 is 14.6 Å². The van der Waals surface area contributed by atoms with Crippen molar-refractivity contribution in [3.05, 3.63) is 41.1 Å². The van der Waals surface area contributed by atoms with Gasteiger partial charge in [0.1, 0.15) is 5.75 Å². The summed E-state index contributed by atoms with van der Waals surface area (Å²) in [5.74, 6) is 1.24. The van der Waals surface area contributed by atoms with E-state index in [2.05, 4.69) is 19.2 Å². The lowest BCUT2D eigenvalue weighted by Crippen LogP contribution is -1.99. The van der Waals surface area contributed by atoms with E-state index in [1.807, 2.05) is 12.1 Å². The van der Waals surface area contributed by atoms with Crippen molar-refractivity contribution in [3.8, 4) is 5.75 Å². The molecule has 116 valence electrons. The summed E-state index contributed by atoms with van der Waals surface area (Å²) in [5, 5.41) is 9.29. The Labute approximate surface area is 131 Å². The highest BCUT2D eigenvalue weighted by atomic mass is 35.5. The molecular formula is C17H23ClO3. The van der Waals surface area contributed by atoms with Gasteiger partial charge in [0.2, 0.25) is 0 Å². The molecule has 4 heteroatoms. The maximum atomic E-state index is 8.74. The Bertz CT molecular complexity index is 479. The average Bonchev–Trinajstić information content (AvgIpc) is 2.49. The predicted molar refractivity (Wildman–Crippen MR) is 86.7 cm³/mol. The molecule has 0 saturated heterocycles. The summed E-state index contributed by atoms with van der Waals surface area (Å²) in [7, 11) is 0. The number of hydrogen-bond donors (Lipinski definition) is 1. The fourth-order valence-electron chi connectivity index (χ4n) is 1.71. The van der Waals surface area contributed by atoms with E-state index >= 15 is 0 Å². The molecule has 0 saturated carbocycles. The van der Waals surface area contributed by atoms with E-state index in [1.165, 1.54) is 0 Å². The summed E-state index contributed by atoms with van der Waals surface area (Å²) < 4.78 is 11.2. The van der Waals surface area contributed by atoms with Gasteiger partial charge in [-0.25, -0.2) is 0 Å². The second-order valence-corrected chi connectivity index (χ2v) is 5.04. The lowest BCUT2D eigenvalue weighted by atomic mass is 10.2. The average molecular weight is 311 g/mol. The van der Waals surface area contributed by atoms with Crippen molar-refractivity contribution in [2.24, 2.45) is 0 Å². The first-order valence-electron chi connectivity index (χ1n) is 7.29. The Kier molecular flexibility index (Phi) is 8.68. The van der Waals surface area contributed by atoms with Crippen molar-refractivity contribution >= 4 is 17.4 Å². The third kappa shape index (κ3) is 6.26. The van der Waals surface area contributed by atoms with E-state index in [9.17, 15) is 0 Å². The third-order valence-corrected chi connectivity index (χ3v) is 3.20. The van der Waals surface area contributed by atoms with Crippen LogP contribution in [0, 0.1) is 0 Å².